The van der Waals surface area contributed by atoms with Crippen molar-refractivity contribution in [3.8, 4) is 5.75 Å². The Bertz CT molecular complexity index is 758. The number of carbonyl (C=O) groups excluding carboxylic acids is 1. The molecule has 1 fully saturated rings. The average Bonchev–Trinajstić information content (AvgIpc) is 2.97. The number of hydrogen-bond donors (Lipinski definition) is 0. The first-order valence-corrected chi connectivity index (χ1v) is 8.47. The van der Waals surface area contributed by atoms with Gasteiger partial charge in [0.15, 0.2) is 5.17 Å². The summed E-state index contributed by atoms with van der Waals surface area (Å²) in [6.45, 7) is 0.517. The molecule has 0 bridgehead atoms. The zero-order valence-corrected chi connectivity index (χ0v) is 14.1. The van der Waals surface area contributed by atoms with Crippen molar-refractivity contribution >= 4 is 29.1 Å². The monoisotopic (exact) mass is 339 g/mol. The summed E-state index contributed by atoms with van der Waals surface area (Å²) in [6.07, 6.45) is 1.66. The van der Waals surface area contributed by atoms with Gasteiger partial charge in [0.25, 0.3) is 0 Å². The molecule has 2 aromatic carbocycles. The zero-order valence-electron chi connectivity index (χ0n) is 13.3. The van der Waals surface area contributed by atoms with Crippen molar-refractivity contribution in [1.29, 1.82) is 0 Å². The van der Waals surface area contributed by atoms with E-state index in [2.05, 4.69) is 10.2 Å². The van der Waals surface area contributed by atoms with E-state index in [1.165, 1.54) is 11.8 Å². The fourth-order valence-corrected chi connectivity index (χ4v) is 3.06. The fraction of sp³-hybridized carbons (Fsp3) is 0.167. The van der Waals surface area contributed by atoms with Crippen molar-refractivity contribution in [1.82, 2.24) is 4.90 Å². The predicted molar refractivity (Wildman–Crippen MR) is 97.5 cm³/mol. The quantitative estimate of drug-likeness (QED) is 0.621. The Morgan fingerprint density at radius 3 is 2.62 bits per heavy atom. The maximum Gasteiger partial charge on any atom is 0.239 e. The van der Waals surface area contributed by atoms with Gasteiger partial charge in [0, 0.05) is 0 Å². The van der Waals surface area contributed by atoms with Crippen molar-refractivity contribution in [2.45, 2.75) is 6.54 Å². The van der Waals surface area contributed by atoms with Crippen molar-refractivity contribution < 1.29 is 9.53 Å². The van der Waals surface area contributed by atoms with Gasteiger partial charge in [-0.05, 0) is 35.4 Å². The molecule has 122 valence electrons. The van der Waals surface area contributed by atoms with Gasteiger partial charge in [0.1, 0.15) is 5.75 Å². The molecule has 0 saturated carbocycles. The second-order valence-electron chi connectivity index (χ2n) is 5.15. The van der Waals surface area contributed by atoms with Crippen LogP contribution in [-0.4, -0.2) is 35.1 Å². The molecule has 0 aromatic heterocycles. The van der Waals surface area contributed by atoms with E-state index in [1.807, 2.05) is 54.6 Å². The number of ether oxygens (including phenoxy) is 1. The number of methoxy groups -OCH3 is 1. The third-order valence-electron chi connectivity index (χ3n) is 3.51. The molecule has 0 aliphatic carbocycles. The molecular weight excluding hydrogens is 322 g/mol. The second-order valence-corrected chi connectivity index (χ2v) is 6.10. The third-order valence-corrected chi connectivity index (χ3v) is 4.46. The van der Waals surface area contributed by atoms with Gasteiger partial charge in [-0.3, -0.25) is 9.69 Å². The molecule has 1 aliphatic heterocycles. The summed E-state index contributed by atoms with van der Waals surface area (Å²) in [7, 11) is 1.63. The topological polar surface area (TPSA) is 54.3 Å². The summed E-state index contributed by atoms with van der Waals surface area (Å²) in [5.74, 6) is 1.26. The molecule has 0 radical (unpaired) electrons. The summed E-state index contributed by atoms with van der Waals surface area (Å²) in [6, 6.07) is 17.4. The predicted octanol–water partition coefficient (Wildman–Crippen LogP) is 3.16. The smallest absolute Gasteiger partial charge is 0.239 e. The Morgan fingerprint density at radius 2 is 1.92 bits per heavy atom. The summed E-state index contributed by atoms with van der Waals surface area (Å²) in [5, 5.41) is 8.96. The Kier molecular flexibility index (Phi) is 5.28. The highest BCUT2D eigenvalue weighted by atomic mass is 32.2. The number of carbonyl (C=O) groups is 1. The van der Waals surface area contributed by atoms with Gasteiger partial charge in [-0.1, -0.05) is 42.1 Å². The van der Waals surface area contributed by atoms with E-state index >= 15 is 0 Å². The van der Waals surface area contributed by atoms with Crippen LogP contribution in [0.25, 0.3) is 0 Å². The van der Waals surface area contributed by atoms with E-state index in [0.717, 1.165) is 16.9 Å². The summed E-state index contributed by atoms with van der Waals surface area (Å²) in [4.78, 5) is 13.7. The minimum atomic E-state index is 0.0576. The maximum atomic E-state index is 12.1. The Balaban J connectivity index is 1.70. The summed E-state index contributed by atoms with van der Waals surface area (Å²) in [5.41, 5.74) is 1.99. The first kappa shape index (κ1) is 16.3. The first-order valence-electron chi connectivity index (χ1n) is 7.48. The Hall–Kier alpha value is -2.60. The molecule has 1 heterocycles. The van der Waals surface area contributed by atoms with E-state index < -0.39 is 0 Å². The van der Waals surface area contributed by atoms with Crippen LogP contribution in [0.15, 0.2) is 64.8 Å². The van der Waals surface area contributed by atoms with Crippen LogP contribution in [-0.2, 0) is 11.3 Å². The standard InChI is InChI=1S/C18H17N3O2S/c1-23-16-9-7-14(8-10-16)11-19-20-18-21(17(22)13-24-18)12-15-5-3-2-4-6-15/h2-11H,12-13H2,1H3. The highest BCUT2D eigenvalue weighted by molar-refractivity contribution is 8.15. The molecule has 1 amide bonds. The number of hydrogen-bond acceptors (Lipinski definition) is 5. The molecule has 0 atom stereocenters. The zero-order chi connectivity index (χ0) is 16.8. The van der Waals surface area contributed by atoms with Gasteiger partial charge < -0.3 is 4.74 Å². The number of rotatable bonds is 5. The second kappa shape index (κ2) is 7.79. The average molecular weight is 339 g/mol. The van der Waals surface area contributed by atoms with Crippen LogP contribution < -0.4 is 4.74 Å². The Morgan fingerprint density at radius 1 is 1.17 bits per heavy atom. The number of thioether (sulfide) groups is 1. The molecule has 6 heteroatoms. The molecule has 1 aliphatic rings. The van der Waals surface area contributed by atoms with Gasteiger partial charge in [-0.2, -0.15) is 5.10 Å². The molecular formula is C18H17N3O2S. The van der Waals surface area contributed by atoms with E-state index in [-0.39, 0.29) is 5.91 Å². The van der Waals surface area contributed by atoms with E-state index in [0.29, 0.717) is 17.5 Å². The molecule has 5 nitrogen and oxygen atoms in total. The van der Waals surface area contributed by atoms with Gasteiger partial charge >= 0.3 is 0 Å². The normalized spacial score (nSPS) is 16.3. The lowest BCUT2D eigenvalue weighted by atomic mass is 10.2. The Labute approximate surface area is 145 Å². The lowest BCUT2D eigenvalue weighted by Gasteiger charge is -2.14. The van der Waals surface area contributed by atoms with Gasteiger partial charge in [0.2, 0.25) is 5.91 Å². The number of amidine groups is 1. The van der Waals surface area contributed by atoms with E-state index in [9.17, 15) is 4.79 Å². The molecule has 24 heavy (non-hydrogen) atoms. The molecule has 0 unspecified atom stereocenters. The largest absolute Gasteiger partial charge is 0.497 e. The summed E-state index contributed by atoms with van der Waals surface area (Å²) < 4.78 is 5.12. The van der Waals surface area contributed by atoms with E-state index in [1.54, 1.807) is 18.2 Å². The third kappa shape index (κ3) is 4.02. The molecule has 0 N–H and O–H groups in total. The minimum Gasteiger partial charge on any atom is -0.497 e. The van der Waals surface area contributed by atoms with Crippen LogP contribution in [0.5, 0.6) is 5.75 Å². The van der Waals surface area contributed by atoms with Gasteiger partial charge in [-0.15, -0.1) is 5.10 Å². The van der Waals surface area contributed by atoms with Crippen molar-refractivity contribution in [3.63, 3.8) is 0 Å². The van der Waals surface area contributed by atoms with Gasteiger partial charge in [-0.25, -0.2) is 0 Å². The van der Waals surface area contributed by atoms with E-state index in [4.69, 9.17) is 4.74 Å². The lowest BCUT2D eigenvalue weighted by molar-refractivity contribution is -0.124. The minimum absolute atomic E-state index is 0.0576. The summed E-state index contributed by atoms with van der Waals surface area (Å²) >= 11 is 1.41. The molecule has 0 spiro atoms. The van der Waals surface area contributed by atoms with Crippen LogP contribution in [0.3, 0.4) is 0 Å². The molecule has 2 aromatic rings. The highest BCUT2D eigenvalue weighted by Gasteiger charge is 2.28. The fourth-order valence-electron chi connectivity index (χ4n) is 2.23. The van der Waals surface area contributed by atoms with Crippen molar-refractivity contribution in [2.75, 3.05) is 12.9 Å². The number of benzene rings is 2. The van der Waals surface area contributed by atoms with Crippen LogP contribution in [0.1, 0.15) is 11.1 Å². The van der Waals surface area contributed by atoms with Crippen molar-refractivity contribution in [3.05, 3.63) is 65.7 Å². The SMILES string of the molecule is COc1ccc(C=NN=C2SCC(=O)N2Cc2ccccc2)cc1. The van der Waals surface area contributed by atoms with Crippen LogP contribution in [0.2, 0.25) is 0 Å². The van der Waals surface area contributed by atoms with Crippen molar-refractivity contribution in [2.24, 2.45) is 10.2 Å². The van der Waals surface area contributed by atoms with Crippen LogP contribution in [0, 0.1) is 0 Å². The highest BCUT2D eigenvalue weighted by Crippen LogP contribution is 2.22. The van der Waals surface area contributed by atoms with Crippen LogP contribution in [0.4, 0.5) is 0 Å². The molecule has 3 rings (SSSR count). The lowest BCUT2D eigenvalue weighted by Crippen LogP contribution is -2.28. The number of nitrogens with zero attached hydrogens (tertiary/aromatic N) is 3. The van der Waals surface area contributed by atoms with Crippen LogP contribution >= 0.6 is 11.8 Å². The first-order chi connectivity index (χ1) is 11.8. The maximum absolute atomic E-state index is 12.1. The van der Waals surface area contributed by atoms with Gasteiger partial charge in [0.05, 0.1) is 25.6 Å². The number of amides is 1. The molecule has 1 saturated heterocycles.